The summed E-state index contributed by atoms with van der Waals surface area (Å²) in [6.07, 6.45) is 0.632. The molecule has 0 atom stereocenters. The average Bonchev–Trinajstić information content (AvgIpc) is 2.45. The van der Waals surface area contributed by atoms with Crippen molar-refractivity contribution in [3.8, 4) is 11.5 Å². The van der Waals surface area contributed by atoms with Gasteiger partial charge in [-0.05, 0) is 48.4 Å². The lowest BCUT2D eigenvalue weighted by Crippen LogP contribution is -2.04. The second-order valence-electron chi connectivity index (χ2n) is 4.47. The fraction of sp³-hybridized carbons (Fsp3) is 0.250. The number of ether oxygens (including phenoxy) is 2. The van der Waals surface area contributed by atoms with Gasteiger partial charge in [-0.2, -0.15) is 0 Å². The number of halogens is 1. The highest BCUT2D eigenvalue weighted by Crippen LogP contribution is 2.19. The molecule has 2 aromatic rings. The second kappa shape index (κ2) is 6.91. The van der Waals surface area contributed by atoms with Gasteiger partial charge in [0.1, 0.15) is 23.9 Å². The second-order valence-corrected chi connectivity index (χ2v) is 4.47. The molecule has 0 aliphatic rings. The summed E-state index contributed by atoms with van der Waals surface area (Å²) in [6.45, 7) is 0.849. The van der Waals surface area contributed by atoms with Crippen molar-refractivity contribution < 1.29 is 13.9 Å². The first kappa shape index (κ1) is 14.3. The quantitative estimate of drug-likeness (QED) is 0.881. The first-order valence-corrected chi connectivity index (χ1v) is 6.46. The van der Waals surface area contributed by atoms with Crippen LogP contribution in [0.4, 0.5) is 4.39 Å². The van der Waals surface area contributed by atoms with Crippen LogP contribution in [-0.2, 0) is 13.0 Å². The number of hydrogen-bond acceptors (Lipinski definition) is 3. The minimum absolute atomic E-state index is 0.309. The van der Waals surface area contributed by atoms with E-state index in [2.05, 4.69) is 0 Å². The third kappa shape index (κ3) is 3.96. The van der Waals surface area contributed by atoms with Gasteiger partial charge in [-0.15, -0.1) is 0 Å². The van der Waals surface area contributed by atoms with Crippen molar-refractivity contribution >= 4 is 0 Å². The molecule has 20 heavy (non-hydrogen) atoms. The highest BCUT2D eigenvalue weighted by atomic mass is 19.1. The Kier molecular flexibility index (Phi) is 4.96. The molecular weight excluding hydrogens is 257 g/mol. The van der Waals surface area contributed by atoms with Crippen molar-refractivity contribution in [2.75, 3.05) is 13.7 Å². The fourth-order valence-electron chi connectivity index (χ4n) is 1.94. The number of benzene rings is 2. The molecule has 3 nitrogen and oxygen atoms in total. The molecule has 0 saturated carbocycles. The minimum atomic E-state index is -0.309. The summed E-state index contributed by atoms with van der Waals surface area (Å²) < 4.78 is 24.2. The molecule has 0 amide bonds. The zero-order chi connectivity index (χ0) is 14.4. The van der Waals surface area contributed by atoms with Crippen LogP contribution in [0.15, 0.2) is 42.5 Å². The molecule has 4 heteroatoms. The van der Waals surface area contributed by atoms with Crippen LogP contribution in [0.3, 0.4) is 0 Å². The fourth-order valence-corrected chi connectivity index (χ4v) is 1.94. The Hall–Kier alpha value is -2.07. The minimum Gasteiger partial charge on any atom is -0.497 e. The van der Waals surface area contributed by atoms with Crippen LogP contribution in [0.5, 0.6) is 11.5 Å². The molecule has 2 rings (SSSR count). The first-order chi connectivity index (χ1) is 9.71. The van der Waals surface area contributed by atoms with Gasteiger partial charge in [0.2, 0.25) is 0 Å². The molecule has 2 N–H and O–H groups in total. The molecule has 0 bridgehead atoms. The monoisotopic (exact) mass is 275 g/mol. The Labute approximate surface area is 118 Å². The maximum Gasteiger partial charge on any atom is 0.127 e. The van der Waals surface area contributed by atoms with Gasteiger partial charge in [-0.1, -0.05) is 12.1 Å². The van der Waals surface area contributed by atoms with E-state index >= 15 is 0 Å². The van der Waals surface area contributed by atoms with Gasteiger partial charge in [0.15, 0.2) is 0 Å². The number of rotatable bonds is 6. The molecule has 0 unspecified atom stereocenters. The molecule has 0 aromatic heterocycles. The Bertz CT molecular complexity index is 572. The lowest BCUT2D eigenvalue weighted by Gasteiger charge is -2.09. The first-order valence-electron chi connectivity index (χ1n) is 6.46. The Morgan fingerprint density at radius 3 is 2.60 bits per heavy atom. The van der Waals surface area contributed by atoms with Gasteiger partial charge in [-0.3, -0.25) is 0 Å². The average molecular weight is 275 g/mol. The largest absolute Gasteiger partial charge is 0.497 e. The Morgan fingerprint density at radius 2 is 1.85 bits per heavy atom. The van der Waals surface area contributed by atoms with E-state index in [-0.39, 0.29) is 5.82 Å². The SMILES string of the molecule is COc1cccc(COc2cc(F)cc(CCN)c2)c1. The zero-order valence-corrected chi connectivity index (χ0v) is 11.4. The standard InChI is InChI=1S/C16H18FNO2/c1-19-15-4-2-3-13(9-15)11-20-16-8-12(5-6-18)7-14(17)10-16/h2-4,7-10H,5-6,11,18H2,1H3. The van der Waals surface area contributed by atoms with Crippen molar-refractivity contribution in [1.29, 1.82) is 0 Å². The van der Waals surface area contributed by atoms with Crippen molar-refractivity contribution in [1.82, 2.24) is 0 Å². The number of nitrogens with two attached hydrogens (primary N) is 1. The molecule has 0 aliphatic carbocycles. The van der Waals surface area contributed by atoms with Gasteiger partial charge in [0, 0.05) is 6.07 Å². The molecule has 0 aliphatic heterocycles. The van der Waals surface area contributed by atoms with E-state index in [0.29, 0.717) is 25.3 Å². The number of methoxy groups -OCH3 is 1. The van der Waals surface area contributed by atoms with Crippen LogP contribution in [0.25, 0.3) is 0 Å². The maximum absolute atomic E-state index is 13.5. The highest BCUT2D eigenvalue weighted by Gasteiger charge is 2.03. The van der Waals surface area contributed by atoms with Crippen LogP contribution in [-0.4, -0.2) is 13.7 Å². The van der Waals surface area contributed by atoms with Crippen LogP contribution in [0, 0.1) is 5.82 Å². The van der Waals surface area contributed by atoms with E-state index in [0.717, 1.165) is 16.9 Å². The van der Waals surface area contributed by atoms with Crippen LogP contribution < -0.4 is 15.2 Å². The van der Waals surface area contributed by atoms with Crippen molar-refractivity contribution in [3.63, 3.8) is 0 Å². The van der Waals surface area contributed by atoms with Crippen molar-refractivity contribution in [3.05, 3.63) is 59.4 Å². The Morgan fingerprint density at radius 1 is 1.05 bits per heavy atom. The molecule has 0 heterocycles. The van der Waals surface area contributed by atoms with Crippen LogP contribution in [0.2, 0.25) is 0 Å². The molecule has 0 fully saturated rings. The highest BCUT2D eigenvalue weighted by molar-refractivity contribution is 5.31. The van der Waals surface area contributed by atoms with Crippen LogP contribution >= 0.6 is 0 Å². The zero-order valence-electron chi connectivity index (χ0n) is 11.4. The van der Waals surface area contributed by atoms with E-state index in [1.807, 2.05) is 30.3 Å². The molecule has 106 valence electrons. The predicted molar refractivity (Wildman–Crippen MR) is 76.5 cm³/mol. The summed E-state index contributed by atoms with van der Waals surface area (Å²) in [5.41, 5.74) is 7.29. The third-order valence-electron chi connectivity index (χ3n) is 2.90. The van der Waals surface area contributed by atoms with E-state index in [9.17, 15) is 4.39 Å². The van der Waals surface area contributed by atoms with E-state index in [1.165, 1.54) is 12.1 Å². The van der Waals surface area contributed by atoms with Gasteiger partial charge in [0.05, 0.1) is 7.11 Å². The van der Waals surface area contributed by atoms with Crippen molar-refractivity contribution in [2.24, 2.45) is 5.73 Å². The van der Waals surface area contributed by atoms with Crippen LogP contribution in [0.1, 0.15) is 11.1 Å². The smallest absolute Gasteiger partial charge is 0.127 e. The molecular formula is C16H18FNO2. The molecule has 0 saturated heterocycles. The van der Waals surface area contributed by atoms with Gasteiger partial charge < -0.3 is 15.2 Å². The van der Waals surface area contributed by atoms with Gasteiger partial charge >= 0.3 is 0 Å². The van der Waals surface area contributed by atoms with E-state index < -0.39 is 0 Å². The molecule has 0 spiro atoms. The van der Waals surface area contributed by atoms with Gasteiger partial charge in [-0.25, -0.2) is 4.39 Å². The summed E-state index contributed by atoms with van der Waals surface area (Å²) in [5, 5.41) is 0. The molecule has 0 radical (unpaired) electrons. The summed E-state index contributed by atoms with van der Waals surface area (Å²) in [5.74, 6) is 0.974. The van der Waals surface area contributed by atoms with E-state index in [4.69, 9.17) is 15.2 Å². The van der Waals surface area contributed by atoms with E-state index in [1.54, 1.807) is 7.11 Å². The third-order valence-corrected chi connectivity index (χ3v) is 2.90. The lowest BCUT2D eigenvalue weighted by molar-refractivity contribution is 0.303. The normalized spacial score (nSPS) is 10.3. The molecule has 2 aromatic carbocycles. The van der Waals surface area contributed by atoms with Gasteiger partial charge in [0.25, 0.3) is 0 Å². The van der Waals surface area contributed by atoms with Crippen molar-refractivity contribution in [2.45, 2.75) is 13.0 Å². The maximum atomic E-state index is 13.5. The number of hydrogen-bond donors (Lipinski definition) is 1. The topological polar surface area (TPSA) is 44.5 Å². The summed E-state index contributed by atoms with van der Waals surface area (Å²) in [7, 11) is 1.62. The summed E-state index contributed by atoms with van der Waals surface area (Å²) in [4.78, 5) is 0. The summed E-state index contributed by atoms with van der Waals surface area (Å²) in [6, 6.07) is 12.2. The summed E-state index contributed by atoms with van der Waals surface area (Å²) >= 11 is 0. The Balaban J connectivity index is 2.06. The predicted octanol–water partition coefficient (Wildman–Crippen LogP) is 2.91. The lowest BCUT2D eigenvalue weighted by atomic mass is 10.1.